The van der Waals surface area contributed by atoms with E-state index in [0.717, 1.165) is 5.56 Å². The molecule has 0 aliphatic carbocycles. The molecular formula is C23H21ClN2O5S. The van der Waals surface area contributed by atoms with E-state index in [9.17, 15) is 13.2 Å². The SMILES string of the molecule is COc1ccc(S(=O)(=O)N2C[C@@H](C(=O)NCc3ccc(Cl)cc3)Oc3ccccc32)cc1. The number of hydrogen-bond donors (Lipinski definition) is 1. The van der Waals surface area contributed by atoms with Crippen LogP contribution in [0.2, 0.25) is 5.02 Å². The lowest BCUT2D eigenvalue weighted by molar-refractivity contribution is -0.127. The molecule has 3 aromatic rings. The molecule has 1 amide bonds. The highest BCUT2D eigenvalue weighted by Gasteiger charge is 2.37. The van der Waals surface area contributed by atoms with Crippen molar-refractivity contribution in [3.63, 3.8) is 0 Å². The fourth-order valence-corrected chi connectivity index (χ4v) is 4.95. The van der Waals surface area contributed by atoms with Crippen LogP contribution in [0, 0.1) is 0 Å². The number of ether oxygens (including phenoxy) is 2. The van der Waals surface area contributed by atoms with Crippen LogP contribution in [-0.2, 0) is 21.4 Å². The minimum absolute atomic E-state index is 0.0929. The van der Waals surface area contributed by atoms with Gasteiger partial charge in [-0.1, -0.05) is 35.9 Å². The molecule has 166 valence electrons. The maximum absolute atomic E-state index is 13.4. The summed E-state index contributed by atoms with van der Waals surface area (Å²) in [6.45, 7) is 0.112. The number of methoxy groups -OCH3 is 1. The monoisotopic (exact) mass is 472 g/mol. The number of para-hydroxylation sites is 2. The summed E-state index contributed by atoms with van der Waals surface area (Å²) in [7, 11) is -2.43. The Morgan fingerprint density at radius 3 is 2.47 bits per heavy atom. The van der Waals surface area contributed by atoms with Crippen LogP contribution >= 0.6 is 11.6 Å². The molecular weight excluding hydrogens is 452 g/mol. The third kappa shape index (κ3) is 4.51. The lowest BCUT2D eigenvalue weighted by atomic mass is 10.2. The summed E-state index contributed by atoms with van der Waals surface area (Å²) < 4.78 is 39.0. The van der Waals surface area contributed by atoms with E-state index in [0.29, 0.717) is 22.2 Å². The summed E-state index contributed by atoms with van der Waals surface area (Å²) >= 11 is 5.89. The van der Waals surface area contributed by atoms with Gasteiger partial charge in [-0.2, -0.15) is 0 Å². The number of carbonyl (C=O) groups excluding carboxylic acids is 1. The van der Waals surface area contributed by atoms with Crippen molar-refractivity contribution in [3.05, 3.63) is 83.4 Å². The van der Waals surface area contributed by atoms with E-state index in [-0.39, 0.29) is 18.0 Å². The molecule has 1 aliphatic heterocycles. The molecule has 0 saturated carbocycles. The molecule has 1 atom stereocenters. The quantitative estimate of drug-likeness (QED) is 0.592. The van der Waals surface area contributed by atoms with Gasteiger partial charge in [0, 0.05) is 11.6 Å². The van der Waals surface area contributed by atoms with E-state index in [4.69, 9.17) is 21.1 Å². The van der Waals surface area contributed by atoms with Crippen LogP contribution in [0.15, 0.2) is 77.7 Å². The average Bonchev–Trinajstić information content (AvgIpc) is 2.82. The smallest absolute Gasteiger partial charge is 0.264 e. The molecule has 32 heavy (non-hydrogen) atoms. The third-order valence-electron chi connectivity index (χ3n) is 5.05. The molecule has 4 rings (SSSR count). The van der Waals surface area contributed by atoms with Crippen LogP contribution < -0.4 is 19.1 Å². The van der Waals surface area contributed by atoms with Gasteiger partial charge in [0.05, 0.1) is 24.2 Å². The van der Waals surface area contributed by atoms with Gasteiger partial charge in [0.15, 0.2) is 6.10 Å². The Morgan fingerprint density at radius 1 is 1.09 bits per heavy atom. The van der Waals surface area contributed by atoms with Gasteiger partial charge >= 0.3 is 0 Å². The van der Waals surface area contributed by atoms with Gasteiger partial charge in [-0.25, -0.2) is 8.42 Å². The lowest BCUT2D eigenvalue weighted by Gasteiger charge is -2.34. The maximum atomic E-state index is 13.4. The minimum atomic E-state index is -3.94. The lowest BCUT2D eigenvalue weighted by Crippen LogP contribution is -2.50. The Kier molecular flexibility index (Phi) is 6.25. The van der Waals surface area contributed by atoms with Gasteiger partial charge < -0.3 is 14.8 Å². The summed E-state index contributed by atoms with van der Waals surface area (Å²) in [4.78, 5) is 12.9. The largest absolute Gasteiger partial charge is 0.497 e. The topological polar surface area (TPSA) is 84.9 Å². The predicted molar refractivity (Wildman–Crippen MR) is 122 cm³/mol. The molecule has 7 nitrogen and oxygen atoms in total. The molecule has 1 N–H and O–H groups in total. The predicted octanol–water partition coefficient (Wildman–Crippen LogP) is 3.62. The highest BCUT2D eigenvalue weighted by atomic mass is 35.5. The van der Waals surface area contributed by atoms with E-state index >= 15 is 0 Å². The molecule has 0 saturated heterocycles. The van der Waals surface area contributed by atoms with Crippen molar-refractivity contribution in [2.75, 3.05) is 18.0 Å². The number of amides is 1. The van der Waals surface area contributed by atoms with Gasteiger partial charge in [0.2, 0.25) is 0 Å². The van der Waals surface area contributed by atoms with Gasteiger partial charge in [0.1, 0.15) is 11.5 Å². The standard InChI is InChI=1S/C23H21ClN2O5S/c1-30-18-10-12-19(13-11-18)32(28,29)26-15-22(31-21-5-3-2-4-20(21)26)23(27)25-14-16-6-8-17(24)9-7-16/h2-13,22H,14-15H2,1H3,(H,25,27)/t22-/m0/s1. The normalized spacial score (nSPS) is 15.4. The third-order valence-corrected chi connectivity index (χ3v) is 7.10. The fraction of sp³-hybridized carbons (Fsp3) is 0.174. The Balaban J connectivity index is 1.58. The first kappa shape index (κ1) is 22.0. The second-order valence-corrected chi connectivity index (χ2v) is 9.43. The molecule has 0 unspecified atom stereocenters. The van der Waals surface area contributed by atoms with Crippen molar-refractivity contribution in [1.82, 2.24) is 5.32 Å². The van der Waals surface area contributed by atoms with Crippen molar-refractivity contribution < 1.29 is 22.7 Å². The molecule has 0 spiro atoms. The molecule has 9 heteroatoms. The van der Waals surface area contributed by atoms with E-state index in [2.05, 4.69) is 5.32 Å². The van der Waals surface area contributed by atoms with Crippen LogP contribution in [0.1, 0.15) is 5.56 Å². The Morgan fingerprint density at radius 2 is 1.78 bits per heavy atom. The van der Waals surface area contributed by atoms with Crippen LogP contribution in [0.3, 0.4) is 0 Å². The average molecular weight is 473 g/mol. The highest BCUT2D eigenvalue weighted by molar-refractivity contribution is 7.92. The van der Waals surface area contributed by atoms with E-state index in [1.54, 1.807) is 60.7 Å². The van der Waals surface area contributed by atoms with E-state index in [1.165, 1.54) is 23.5 Å². The van der Waals surface area contributed by atoms with Crippen molar-refractivity contribution in [3.8, 4) is 11.5 Å². The number of hydrogen-bond acceptors (Lipinski definition) is 5. The molecule has 1 aliphatic rings. The summed E-state index contributed by atoms with van der Waals surface area (Å²) in [5.41, 5.74) is 1.24. The zero-order chi connectivity index (χ0) is 22.7. The number of nitrogens with zero attached hydrogens (tertiary/aromatic N) is 1. The fourth-order valence-electron chi connectivity index (χ4n) is 3.35. The van der Waals surface area contributed by atoms with E-state index in [1.807, 2.05) is 0 Å². The van der Waals surface area contributed by atoms with E-state index < -0.39 is 22.0 Å². The van der Waals surface area contributed by atoms with Crippen LogP contribution in [0.4, 0.5) is 5.69 Å². The molecule has 0 radical (unpaired) electrons. The summed E-state index contributed by atoms with van der Waals surface area (Å²) in [6.07, 6.45) is -1.01. The number of fused-ring (bicyclic) bond motifs is 1. The summed E-state index contributed by atoms with van der Waals surface area (Å²) in [5, 5.41) is 3.40. The minimum Gasteiger partial charge on any atom is -0.497 e. The number of rotatable bonds is 6. The van der Waals surface area contributed by atoms with Crippen molar-refractivity contribution in [2.45, 2.75) is 17.5 Å². The van der Waals surface area contributed by atoms with Gasteiger partial charge in [-0.05, 0) is 54.1 Å². The highest BCUT2D eigenvalue weighted by Crippen LogP contribution is 2.37. The number of benzene rings is 3. The van der Waals surface area contributed by atoms with Crippen molar-refractivity contribution in [1.29, 1.82) is 0 Å². The first-order valence-corrected chi connectivity index (χ1v) is 11.6. The maximum Gasteiger partial charge on any atom is 0.264 e. The number of nitrogens with one attached hydrogen (secondary N) is 1. The second-order valence-electron chi connectivity index (χ2n) is 7.13. The first-order valence-electron chi connectivity index (χ1n) is 9.83. The van der Waals surface area contributed by atoms with Gasteiger partial charge in [-0.3, -0.25) is 9.10 Å². The number of halogens is 1. The summed E-state index contributed by atoms with van der Waals surface area (Å²) in [6, 6.07) is 19.9. The van der Waals surface area contributed by atoms with Crippen LogP contribution in [-0.4, -0.2) is 34.1 Å². The van der Waals surface area contributed by atoms with Crippen LogP contribution in [0.5, 0.6) is 11.5 Å². The van der Waals surface area contributed by atoms with Gasteiger partial charge in [0.25, 0.3) is 15.9 Å². The zero-order valence-electron chi connectivity index (χ0n) is 17.2. The first-order chi connectivity index (χ1) is 15.4. The number of anilines is 1. The molecule has 0 fully saturated rings. The summed E-state index contributed by atoms with van der Waals surface area (Å²) in [5.74, 6) is 0.456. The molecule has 0 bridgehead atoms. The van der Waals surface area contributed by atoms with Crippen molar-refractivity contribution in [2.24, 2.45) is 0 Å². The van der Waals surface area contributed by atoms with Crippen LogP contribution in [0.25, 0.3) is 0 Å². The Bertz CT molecular complexity index is 1210. The molecule has 1 heterocycles. The number of sulfonamides is 1. The number of carbonyl (C=O) groups is 1. The molecule has 3 aromatic carbocycles. The Labute approximate surface area is 191 Å². The second kappa shape index (κ2) is 9.10. The van der Waals surface area contributed by atoms with Gasteiger partial charge in [-0.15, -0.1) is 0 Å². The van der Waals surface area contributed by atoms with Crippen molar-refractivity contribution >= 4 is 33.2 Å². The Hall–Kier alpha value is -3.23. The zero-order valence-corrected chi connectivity index (χ0v) is 18.8. The molecule has 0 aromatic heterocycles.